The summed E-state index contributed by atoms with van der Waals surface area (Å²) >= 11 is 0. The zero-order valence-corrected chi connectivity index (χ0v) is 14.3. The number of fused-ring (bicyclic) bond motifs is 1. The molecule has 1 fully saturated rings. The van der Waals surface area contributed by atoms with E-state index in [0.29, 0.717) is 12.6 Å². The van der Waals surface area contributed by atoms with Crippen molar-refractivity contribution >= 4 is 5.91 Å². The van der Waals surface area contributed by atoms with E-state index in [1.807, 2.05) is 6.92 Å². The van der Waals surface area contributed by atoms with Crippen LogP contribution in [0.15, 0.2) is 0 Å². The number of carbonyl (C=O) groups excluding carboxylic acids is 1. The molecule has 1 aromatic rings. The normalized spacial score (nSPS) is 25.7. The van der Waals surface area contributed by atoms with E-state index in [4.69, 9.17) is 0 Å². The van der Waals surface area contributed by atoms with Gasteiger partial charge in [-0.25, -0.2) is 0 Å². The maximum atomic E-state index is 12.3. The maximum Gasteiger partial charge on any atom is 0.237 e. The summed E-state index contributed by atoms with van der Waals surface area (Å²) in [5, 5.41) is 15.0. The van der Waals surface area contributed by atoms with E-state index in [0.717, 1.165) is 43.4 Å². The van der Waals surface area contributed by atoms with Gasteiger partial charge in [-0.15, -0.1) is 10.2 Å². The lowest BCUT2D eigenvalue weighted by molar-refractivity contribution is -0.123. The zero-order chi connectivity index (χ0) is 16.2. The van der Waals surface area contributed by atoms with Crippen molar-refractivity contribution in [3.8, 4) is 0 Å². The van der Waals surface area contributed by atoms with Gasteiger partial charge < -0.3 is 9.88 Å². The molecule has 6 heteroatoms. The minimum Gasteiger partial charge on any atom is -0.352 e. The average molecular weight is 319 g/mol. The first-order valence-electron chi connectivity index (χ1n) is 9.08. The van der Waals surface area contributed by atoms with Crippen LogP contribution in [-0.2, 0) is 24.3 Å². The molecule has 1 saturated carbocycles. The van der Waals surface area contributed by atoms with E-state index >= 15 is 0 Å². The van der Waals surface area contributed by atoms with Gasteiger partial charge >= 0.3 is 0 Å². The predicted octanol–water partition coefficient (Wildman–Crippen LogP) is 1.79. The molecular formula is C17H29N5O. The van der Waals surface area contributed by atoms with E-state index in [1.165, 1.54) is 25.7 Å². The van der Waals surface area contributed by atoms with Gasteiger partial charge in [0.25, 0.3) is 0 Å². The highest BCUT2D eigenvalue weighted by atomic mass is 16.2. The summed E-state index contributed by atoms with van der Waals surface area (Å²) in [7, 11) is 0. The Morgan fingerprint density at radius 1 is 1.26 bits per heavy atom. The molecule has 23 heavy (non-hydrogen) atoms. The van der Waals surface area contributed by atoms with Gasteiger partial charge in [-0.1, -0.05) is 6.92 Å². The van der Waals surface area contributed by atoms with E-state index in [-0.39, 0.29) is 11.9 Å². The number of aromatic nitrogens is 3. The van der Waals surface area contributed by atoms with Crippen molar-refractivity contribution in [2.45, 2.75) is 84.0 Å². The zero-order valence-electron chi connectivity index (χ0n) is 14.3. The number of nitrogens with one attached hydrogen (secondary N) is 2. The Morgan fingerprint density at radius 2 is 2.04 bits per heavy atom. The molecule has 0 radical (unpaired) electrons. The van der Waals surface area contributed by atoms with E-state index in [2.05, 4.69) is 32.3 Å². The van der Waals surface area contributed by atoms with Gasteiger partial charge in [0.15, 0.2) is 0 Å². The van der Waals surface area contributed by atoms with Crippen molar-refractivity contribution in [2.24, 2.45) is 5.92 Å². The molecule has 0 aromatic carbocycles. The number of hydrogen-bond acceptors (Lipinski definition) is 4. The molecule has 1 aromatic heterocycles. The highest BCUT2D eigenvalue weighted by Crippen LogP contribution is 2.23. The smallest absolute Gasteiger partial charge is 0.237 e. The fourth-order valence-electron chi connectivity index (χ4n) is 3.57. The monoisotopic (exact) mass is 319 g/mol. The standard InChI is InChI=1S/C17H29N5O/c1-12-6-8-14(9-7-12)19-17(23)13(2)18-11-16-21-20-15-5-3-4-10-22(15)16/h12-14,18H,3-11H2,1-2H3,(H,19,23). The molecule has 1 aliphatic heterocycles. The first-order chi connectivity index (χ1) is 11.1. The summed E-state index contributed by atoms with van der Waals surface area (Å²) in [5.74, 6) is 2.94. The van der Waals surface area contributed by atoms with Gasteiger partial charge in [-0.05, 0) is 51.4 Å². The topological polar surface area (TPSA) is 71.8 Å². The van der Waals surface area contributed by atoms with Crippen LogP contribution >= 0.6 is 0 Å². The second-order valence-electron chi connectivity index (χ2n) is 7.21. The van der Waals surface area contributed by atoms with Crippen molar-refractivity contribution in [1.29, 1.82) is 0 Å². The van der Waals surface area contributed by atoms with E-state index in [9.17, 15) is 4.79 Å². The quantitative estimate of drug-likeness (QED) is 0.868. The van der Waals surface area contributed by atoms with Crippen LogP contribution in [0.5, 0.6) is 0 Å². The van der Waals surface area contributed by atoms with Crippen molar-refractivity contribution in [3.63, 3.8) is 0 Å². The first-order valence-corrected chi connectivity index (χ1v) is 9.08. The second kappa shape index (κ2) is 7.43. The third kappa shape index (κ3) is 4.10. The minimum absolute atomic E-state index is 0.0999. The number of carbonyl (C=O) groups is 1. The Bertz CT molecular complexity index is 533. The van der Waals surface area contributed by atoms with Gasteiger partial charge in [-0.3, -0.25) is 10.1 Å². The predicted molar refractivity (Wildman–Crippen MR) is 88.8 cm³/mol. The molecular weight excluding hydrogens is 290 g/mol. The molecule has 1 atom stereocenters. The van der Waals surface area contributed by atoms with E-state index < -0.39 is 0 Å². The largest absolute Gasteiger partial charge is 0.352 e. The van der Waals surface area contributed by atoms with Gasteiger partial charge in [0, 0.05) is 19.0 Å². The number of aryl methyl sites for hydroxylation is 1. The number of hydrogen-bond donors (Lipinski definition) is 2. The highest BCUT2D eigenvalue weighted by Gasteiger charge is 2.22. The Hall–Kier alpha value is -1.43. The third-order valence-electron chi connectivity index (χ3n) is 5.26. The van der Waals surface area contributed by atoms with Crippen molar-refractivity contribution in [3.05, 3.63) is 11.6 Å². The molecule has 3 rings (SSSR count). The van der Waals surface area contributed by atoms with Gasteiger partial charge in [0.1, 0.15) is 11.6 Å². The van der Waals surface area contributed by atoms with Crippen LogP contribution in [0, 0.1) is 5.92 Å². The lowest BCUT2D eigenvalue weighted by Gasteiger charge is -2.28. The molecule has 1 unspecified atom stereocenters. The molecule has 2 heterocycles. The fourth-order valence-corrected chi connectivity index (χ4v) is 3.57. The van der Waals surface area contributed by atoms with E-state index in [1.54, 1.807) is 0 Å². The van der Waals surface area contributed by atoms with Crippen LogP contribution in [0.1, 0.15) is 64.0 Å². The minimum atomic E-state index is -0.203. The van der Waals surface area contributed by atoms with Gasteiger partial charge in [-0.2, -0.15) is 0 Å². The SMILES string of the molecule is CC1CCC(NC(=O)C(C)NCc2nnc3n2CCCC3)CC1. The van der Waals surface area contributed by atoms with Crippen molar-refractivity contribution < 1.29 is 4.79 Å². The summed E-state index contributed by atoms with van der Waals surface area (Å²) < 4.78 is 2.20. The van der Waals surface area contributed by atoms with Crippen LogP contribution in [0.3, 0.4) is 0 Å². The molecule has 2 aliphatic rings. The molecule has 0 bridgehead atoms. The molecule has 0 spiro atoms. The number of nitrogens with zero attached hydrogens (tertiary/aromatic N) is 3. The lowest BCUT2D eigenvalue weighted by Crippen LogP contribution is -2.47. The molecule has 128 valence electrons. The fraction of sp³-hybridized carbons (Fsp3) is 0.824. The summed E-state index contributed by atoms with van der Waals surface area (Å²) in [5.41, 5.74) is 0. The van der Waals surface area contributed by atoms with Crippen LogP contribution < -0.4 is 10.6 Å². The summed E-state index contributed by atoms with van der Waals surface area (Å²) in [6.07, 6.45) is 8.06. The summed E-state index contributed by atoms with van der Waals surface area (Å²) in [6.45, 7) is 5.82. The third-order valence-corrected chi connectivity index (χ3v) is 5.26. The summed E-state index contributed by atoms with van der Waals surface area (Å²) in [4.78, 5) is 12.3. The van der Waals surface area contributed by atoms with Gasteiger partial charge in [0.2, 0.25) is 5.91 Å². The number of rotatable bonds is 5. The Labute approximate surface area is 138 Å². The lowest BCUT2D eigenvalue weighted by atomic mass is 9.87. The Morgan fingerprint density at radius 3 is 2.83 bits per heavy atom. The molecule has 2 N–H and O–H groups in total. The molecule has 1 amide bonds. The van der Waals surface area contributed by atoms with Crippen LogP contribution in [0.25, 0.3) is 0 Å². The van der Waals surface area contributed by atoms with Gasteiger partial charge in [0.05, 0.1) is 12.6 Å². The Kier molecular flexibility index (Phi) is 5.30. The molecule has 0 saturated heterocycles. The van der Waals surface area contributed by atoms with Crippen LogP contribution in [0.4, 0.5) is 0 Å². The molecule has 6 nitrogen and oxygen atoms in total. The average Bonchev–Trinajstić information content (AvgIpc) is 2.98. The van der Waals surface area contributed by atoms with Crippen LogP contribution in [0.2, 0.25) is 0 Å². The van der Waals surface area contributed by atoms with Crippen LogP contribution in [-0.4, -0.2) is 32.8 Å². The van der Waals surface area contributed by atoms with Crippen molar-refractivity contribution in [2.75, 3.05) is 0 Å². The Balaban J connectivity index is 1.46. The number of amides is 1. The van der Waals surface area contributed by atoms with Crippen molar-refractivity contribution in [1.82, 2.24) is 25.4 Å². The first kappa shape index (κ1) is 16.4. The summed E-state index contributed by atoms with van der Waals surface area (Å²) in [6, 6.07) is 0.148. The second-order valence-corrected chi connectivity index (χ2v) is 7.21. The molecule has 1 aliphatic carbocycles. The maximum absolute atomic E-state index is 12.3. The highest BCUT2D eigenvalue weighted by molar-refractivity contribution is 5.81.